The second kappa shape index (κ2) is 15.1. The second-order valence-electron chi connectivity index (χ2n) is 12.9. The number of rotatable bonds is 15. The van der Waals surface area contributed by atoms with Crippen LogP contribution in [0.2, 0.25) is 5.02 Å². The Morgan fingerprint density at radius 1 is 1.22 bits per heavy atom. The number of Topliss-reactive ketones (excluding diaryl/α,β-unsaturated/α-hetero) is 1. The molecule has 2 fully saturated rings. The minimum atomic E-state index is -1.76. The molecule has 3 aliphatic heterocycles. The number of carbonyl (C=O) groups is 5. The summed E-state index contributed by atoms with van der Waals surface area (Å²) in [4.78, 5) is 74.7. The summed E-state index contributed by atoms with van der Waals surface area (Å²) in [5, 5.41) is 37.3. The lowest BCUT2D eigenvalue weighted by Gasteiger charge is -2.50. The molecule has 2 atom stereocenters. The van der Waals surface area contributed by atoms with Crippen molar-refractivity contribution in [3.63, 3.8) is 0 Å². The summed E-state index contributed by atoms with van der Waals surface area (Å²) in [7, 11) is 1.33. The van der Waals surface area contributed by atoms with E-state index >= 15 is 0 Å². The number of likely N-dealkylation sites (tertiary alicyclic amines) is 1. The number of phenols is 1. The average molecular weight is 766 g/mol. The number of nitrogens with one attached hydrogen (secondary N) is 1. The normalized spacial score (nSPS) is 20.0. The summed E-state index contributed by atoms with van der Waals surface area (Å²) in [6, 6.07) is 2.72. The van der Waals surface area contributed by atoms with Gasteiger partial charge in [-0.15, -0.1) is 23.1 Å². The van der Waals surface area contributed by atoms with E-state index in [4.69, 9.17) is 26.9 Å². The number of benzene rings is 1. The van der Waals surface area contributed by atoms with Gasteiger partial charge in [-0.2, -0.15) is 0 Å². The Hall–Kier alpha value is -4.39. The number of carboxylic acids is 2. The van der Waals surface area contributed by atoms with Crippen LogP contribution in [0.25, 0.3) is 0 Å². The number of nitrogen functional groups attached to an aromatic ring is 1. The SMILES string of the molecule is COc1c(O)ccc(C(=O)NCC[N+]2(CC3=C(C(=O)O)N4C(=O)C(CC(=O)/C(=N/OC(C)(C)C(=O)O)c5csc(N)n5)C4SC3)CCCC2)c1Cl. The number of methoxy groups -OCH3 is 1. The number of carboxylic acid groups (broad SMARTS) is 2. The maximum atomic E-state index is 13.5. The van der Waals surface area contributed by atoms with Crippen LogP contribution in [-0.4, -0.2) is 121 Å². The summed E-state index contributed by atoms with van der Waals surface area (Å²) in [6.45, 7) is 5.14. The van der Waals surface area contributed by atoms with Gasteiger partial charge in [-0.3, -0.25) is 19.3 Å². The smallest absolute Gasteiger partial charge is 0.352 e. The topological polar surface area (TPSA) is 231 Å². The molecule has 3 aliphatic rings. The number of phenolic OH excluding ortho intramolecular Hbond substituents is 1. The van der Waals surface area contributed by atoms with Crippen LogP contribution in [0, 0.1) is 5.92 Å². The standard InChI is InChI=1S/C32H37ClN6O10S2/c1-32(2,30(46)47)49-37-23(19-15-51-31(34)36-19)21(41)12-18-27(43)38-24(29(44)45)16(14-50-28(18)38)13-39(9-4-5-10-39)11-8-35-26(42)17-6-7-20(40)25(48-3)22(17)33/h6-7,15,18,28H,4-5,8-14H2,1-3H3,(H5-,34,35,36,40,42,44,45,46,47)/p+1/b37-23+. The zero-order valence-electron chi connectivity index (χ0n) is 28.0. The highest BCUT2D eigenvalue weighted by Gasteiger charge is 2.55. The number of hydrogen-bond acceptors (Lipinski definition) is 13. The molecule has 6 N–H and O–H groups in total. The van der Waals surface area contributed by atoms with Crippen molar-refractivity contribution in [2.75, 3.05) is 51.3 Å². The number of aromatic hydroxyl groups is 1. The van der Waals surface area contributed by atoms with Gasteiger partial charge in [0.05, 0.1) is 55.2 Å². The maximum Gasteiger partial charge on any atom is 0.352 e. The van der Waals surface area contributed by atoms with Crippen LogP contribution in [-0.2, 0) is 24.0 Å². The number of nitrogens with zero attached hydrogens (tertiary/aromatic N) is 4. The monoisotopic (exact) mass is 765 g/mol. The van der Waals surface area contributed by atoms with Gasteiger partial charge < -0.3 is 40.4 Å². The van der Waals surface area contributed by atoms with Crippen molar-refractivity contribution in [1.82, 2.24) is 15.2 Å². The molecule has 2 unspecified atom stereocenters. The number of thiazole rings is 1. The van der Waals surface area contributed by atoms with Crippen molar-refractivity contribution >= 4 is 75.1 Å². The van der Waals surface area contributed by atoms with Crippen molar-refractivity contribution in [3.05, 3.63) is 45.1 Å². The van der Waals surface area contributed by atoms with Crippen molar-refractivity contribution in [1.29, 1.82) is 0 Å². The minimum Gasteiger partial charge on any atom is -0.504 e. The van der Waals surface area contributed by atoms with Gasteiger partial charge in [-0.1, -0.05) is 16.8 Å². The third-order valence-corrected chi connectivity index (χ3v) is 11.6. The molecule has 1 aromatic carbocycles. The molecular weight excluding hydrogens is 728 g/mol. The van der Waals surface area contributed by atoms with E-state index in [1.165, 1.54) is 55.1 Å². The first-order valence-electron chi connectivity index (χ1n) is 15.9. The molecule has 0 spiro atoms. The molecule has 0 radical (unpaired) electrons. The number of halogens is 1. The predicted molar refractivity (Wildman–Crippen MR) is 188 cm³/mol. The number of anilines is 1. The number of amides is 2. The number of oxime groups is 1. The number of fused-ring (bicyclic) bond motifs is 1. The van der Waals surface area contributed by atoms with E-state index in [2.05, 4.69) is 15.5 Å². The number of ketones is 1. The number of aliphatic carboxylic acids is 2. The number of carbonyl (C=O) groups excluding carboxylic acids is 3. The van der Waals surface area contributed by atoms with E-state index in [0.29, 0.717) is 28.9 Å². The lowest BCUT2D eigenvalue weighted by Crippen LogP contribution is -2.63. The fourth-order valence-corrected chi connectivity index (χ4v) is 8.63. The zero-order chi connectivity index (χ0) is 37.2. The van der Waals surface area contributed by atoms with Crippen LogP contribution in [0.5, 0.6) is 11.5 Å². The quantitative estimate of drug-likeness (QED) is 0.0761. The van der Waals surface area contributed by atoms with E-state index in [1.807, 2.05) is 0 Å². The molecule has 5 rings (SSSR count). The summed E-state index contributed by atoms with van der Waals surface area (Å²) in [5.74, 6) is -4.92. The highest BCUT2D eigenvalue weighted by molar-refractivity contribution is 8.00. The summed E-state index contributed by atoms with van der Waals surface area (Å²) in [6.07, 6.45) is 1.49. The van der Waals surface area contributed by atoms with Crippen LogP contribution < -0.4 is 15.8 Å². The number of β-lactam (4-membered cyclic amide) rings is 1. The van der Waals surface area contributed by atoms with Gasteiger partial charge in [0.15, 0.2) is 28.1 Å². The largest absolute Gasteiger partial charge is 0.504 e. The summed E-state index contributed by atoms with van der Waals surface area (Å²) in [5.41, 5.74) is 4.39. The zero-order valence-corrected chi connectivity index (χ0v) is 30.4. The maximum absolute atomic E-state index is 13.5. The Morgan fingerprint density at radius 3 is 2.53 bits per heavy atom. The summed E-state index contributed by atoms with van der Waals surface area (Å²) < 4.78 is 5.61. The summed E-state index contributed by atoms with van der Waals surface area (Å²) >= 11 is 8.69. The molecule has 0 aliphatic carbocycles. The first-order valence-corrected chi connectivity index (χ1v) is 18.2. The third-order valence-electron chi connectivity index (χ3n) is 9.11. The molecular formula is C32H38ClN6O10S2+. The fraction of sp³-hybridized carbons (Fsp3) is 0.469. The van der Waals surface area contributed by atoms with E-state index < -0.39 is 46.4 Å². The highest BCUT2D eigenvalue weighted by atomic mass is 35.5. The Kier molecular flexibility index (Phi) is 11.2. The molecule has 2 saturated heterocycles. The lowest BCUT2D eigenvalue weighted by atomic mass is 9.89. The second-order valence-corrected chi connectivity index (χ2v) is 15.3. The van der Waals surface area contributed by atoms with Crippen LogP contribution >= 0.6 is 34.7 Å². The van der Waals surface area contributed by atoms with Crippen molar-refractivity contribution in [2.45, 2.75) is 44.1 Å². The van der Waals surface area contributed by atoms with Gasteiger partial charge in [-0.05, 0) is 26.0 Å². The number of aromatic nitrogens is 1. The minimum absolute atomic E-state index is 0.00669. The van der Waals surface area contributed by atoms with Gasteiger partial charge in [0.2, 0.25) is 11.5 Å². The average Bonchev–Trinajstić information content (AvgIpc) is 3.72. The number of hydrogen-bond donors (Lipinski definition) is 5. The molecule has 4 heterocycles. The first kappa shape index (κ1) is 37.9. The van der Waals surface area contributed by atoms with E-state index in [9.17, 15) is 39.3 Å². The highest BCUT2D eigenvalue weighted by Crippen LogP contribution is 2.46. The fourth-order valence-electron chi connectivity index (χ4n) is 6.36. The van der Waals surface area contributed by atoms with Crippen molar-refractivity contribution in [3.8, 4) is 11.5 Å². The van der Waals surface area contributed by atoms with Crippen LogP contribution in [0.15, 0.2) is 33.9 Å². The number of ether oxygens (including phenoxy) is 1. The van der Waals surface area contributed by atoms with E-state index in [1.54, 1.807) is 0 Å². The van der Waals surface area contributed by atoms with Crippen LogP contribution in [0.4, 0.5) is 5.13 Å². The molecule has 0 bridgehead atoms. The molecule has 19 heteroatoms. The molecule has 2 aromatic rings. The number of nitrogens with two attached hydrogens (primary N) is 1. The van der Waals surface area contributed by atoms with Crippen LogP contribution in [0.3, 0.4) is 0 Å². The lowest BCUT2D eigenvalue weighted by molar-refractivity contribution is -0.911. The third kappa shape index (κ3) is 7.78. The molecule has 51 heavy (non-hydrogen) atoms. The Labute approximate surface area is 305 Å². The van der Waals surface area contributed by atoms with Gasteiger partial charge in [0.25, 0.3) is 5.91 Å². The molecule has 274 valence electrons. The van der Waals surface area contributed by atoms with Gasteiger partial charge in [-0.25, -0.2) is 14.6 Å². The van der Waals surface area contributed by atoms with E-state index in [0.717, 1.165) is 37.3 Å². The molecule has 1 aromatic heterocycles. The van der Waals surface area contributed by atoms with Crippen molar-refractivity contribution in [2.24, 2.45) is 11.1 Å². The van der Waals surface area contributed by atoms with E-state index in [-0.39, 0.29) is 57.3 Å². The Balaban J connectivity index is 1.29. The molecule has 2 amide bonds. The van der Waals surface area contributed by atoms with Gasteiger partial charge in [0.1, 0.15) is 17.9 Å². The first-order chi connectivity index (χ1) is 24.1. The molecule has 16 nitrogen and oxygen atoms in total. The van der Waals surface area contributed by atoms with Crippen LogP contribution in [0.1, 0.15) is 49.2 Å². The predicted octanol–water partition coefficient (Wildman–Crippen LogP) is 2.55. The van der Waals surface area contributed by atoms with Gasteiger partial charge >= 0.3 is 11.9 Å². The number of quaternary nitrogens is 1. The Morgan fingerprint density at radius 2 is 1.92 bits per heavy atom. The van der Waals surface area contributed by atoms with Crippen molar-refractivity contribution < 1.29 is 53.3 Å². The Bertz CT molecular complexity index is 1820. The van der Waals surface area contributed by atoms with Gasteiger partial charge in [0, 0.05) is 36.0 Å². The number of thioether (sulfide) groups is 1. The molecule has 0 saturated carbocycles.